The fourth-order valence-corrected chi connectivity index (χ4v) is 1.18. The molecule has 0 unspecified atom stereocenters. The van der Waals surface area contributed by atoms with Crippen molar-refractivity contribution >= 4 is 17.0 Å². The third kappa shape index (κ3) is 1.68. The van der Waals surface area contributed by atoms with Crippen molar-refractivity contribution in [2.24, 2.45) is 0 Å². The molecule has 0 saturated heterocycles. The molecule has 5 heteroatoms. The van der Waals surface area contributed by atoms with E-state index >= 15 is 0 Å². The molecule has 1 aromatic rings. The minimum atomic E-state index is -2.76. The van der Waals surface area contributed by atoms with Crippen molar-refractivity contribution in [2.45, 2.75) is 4.90 Å². The lowest BCUT2D eigenvalue weighted by Gasteiger charge is -1.94. The van der Waals surface area contributed by atoms with Gasteiger partial charge >= 0.3 is 0 Å². The number of rotatable bonds is 2. The first-order valence-electron chi connectivity index (χ1n) is 3.04. The summed E-state index contributed by atoms with van der Waals surface area (Å²) >= 11 is 0. The summed E-state index contributed by atoms with van der Waals surface area (Å²) in [5.74, 6) is -0.717. The maximum absolute atomic E-state index is 12.6. The standard InChI is InChI=1S/C7H5FO3S/c8-7-2-1-6(12(10)11)3-5(7)4-9/h1-4,12H. The molecule has 0 aromatic heterocycles. The zero-order valence-corrected chi connectivity index (χ0v) is 6.75. The normalized spacial score (nSPS) is 10.2. The van der Waals surface area contributed by atoms with Gasteiger partial charge in [-0.3, -0.25) is 4.79 Å². The first-order valence-corrected chi connectivity index (χ1v) is 4.22. The van der Waals surface area contributed by atoms with Crippen molar-refractivity contribution in [3.63, 3.8) is 0 Å². The van der Waals surface area contributed by atoms with E-state index in [-0.39, 0.29) is 16.7 Å². The SMILES string of the molecule is O=Cc1cc([SH](=O)=O)ccc1F. The number of halogens is 1. The summed E-state index contributed by atoms with van der Waals surface area (Å²) < 4.78 is 33.4. The van der Waals surface area contributed by atoms with Crippen molar-refractivity contribution in [3.05, 3.63) is 29.6 Å². The molecule has 0 spiro atoms. The Kier molecular flexibility index (Phi) is 2.54. The average molecular weight is 188 g/mol. The Morgan fingerprint density at radius 1 is 1.33 bits per heavy atom. The number of aldehydes is 1. The van der Waals surface area contributed by atoms with Crippen LogP contribution < -0.4 is 0 Å². The molecule has 1 rings (SSSR count). The molecule has 0 atom stereocenters. The van der Waals surface area contributed by atoms with E-state index < -0.39 is 16.5 Å². The average Bonchev–Trinajstić information content (AvgIpc) is 2.05. The van der Waals surface area contributed by atoms with Crippen molar-refractivity contribution < 1.29 is 17.6 Å². The Balaban J connectivity index is 3.31. The van der Waals surface area contributed by atoms with Crippen LogP contribution in [0.1, 0.15) is 10.4 Å². The maximum Gasteiger partial charge on any atom is 0.168 e. The summed E-state index contributed by atoms with van der Waals surface area (Å²) in [4.78, 5) is 10.1. The second kappa shape index (κ2) is 3.44. The predicted octanol–water partition coefficient (Wildman–Crippen LogP) is 0.609. The topological polar surface area (TPSA) is 51.2 Å². The minimum Gasteiger partial charge on any atom is -0.298 e. The summed E-state index contributed by atoms with van der Waals surface area (Å²) in [6.45, 7) is 0. The van der Waals surface area contributed by atoms with Gasteiger partial charge in [-0.15, -0.1) is 0 Å². The van der Waals surface area contributed by atoms with Crippen LogP contribution >= 0.6 is 0 Å². The van der Waals surface area contributed by atoms with Gasteiger partial charge in [0, 0.05) is 0 Å². The molecule has 1 aromatic carbocycles. The first kappa shape index (κ1) is 8.86. The molecule has 0 aliphatic carbocycles. The van der Waals surface area contributed by atoms with E-state index in [0.717, 1.165) is 18.2 Å². The molecule has 0 fully saturated rings. The second-order valence-electron chi connectivity index (χ2n) is 2.08. The van der Waals surface area contributed by atoms with Gasteiger partial charge in [-0.1, -0.05) is 0 Å². The van der Waals surface area contributed by atoms with Crippen LogP contribution in [-0.2, 0) is 10.7 Å². The van der Waals surface area contributed by atoms with Crippen LogP contribution in [-0.4, -0.2) is 14.7 Å². The van der Waals surface area contributed by atoms with Gasteiger partial charge < -0.3 is 0 Å². The lowest BCUT2D eigenvalue weighted by atomic mass is 10.2. The van der Waals surface area contributed by atoms with E-state index in [9.17, 15) is 17.6 Å². The van der Waals surface area contributed by atoms with Crippen LogP contribution in [0.2, 0.25) is 0 Å². The second-order valence-corrected chi connectivity index (χ2v) is 3.11. The Morgan fingerprint density at radius 2 is 2.00 bits per heavy atom. The van der Waals surface area contributed by atoms with E-state index in [2.05, 4.69) is 0 Å². The summed E-state index contributed by atoms with van der Waals surface area (Å²) in [5.41, 5.74) is -0.244. The van der Waals surface area contributed by atoms with Crippen molar-refractivity contribution in [1.82, 2.24) is 0 Å². The highest BCUT2D eigenvalue weighted by Gasteiger charge is 2.02. The number of carbonyl (C=O) groups is 1. The number of thiol groups is 1. The fourth-order valence-electron chi connectivity index (χ4n) is 0.735. The summed E-state index contributed by atoms with van der Waals surface area (Å²) in [5, 5.41) is 0. The molecule has 0 aliphatic rings. The monoisotopic (exact) mass is 188 g/mol. The van der Waals surface area contributed by atoms with E-state index in [4.69, 9.17) is 0 Å². The summed E-state index contributed by atoms with van der Waals surface area (Å²) in [7, 11) is -2.76. The zero-order valence-electron chi connectivity index (χ0n) is 5.86. The number of carbonyl (C=O) groups excluding carboxylic acids is 1. The molecular weight excluding hydrogens is 183 g/mol. The van der Waals surface area contributed by atoms with Gasteiger partial charge in [-0.05, 0) is 18.2 Å². The van der Waals surface area contributed by atoms with E-state index in [1.54, 1.807) is 0 Å². The third-order valence-electron chi connectivity index (χ3n) is 1.32. The van der Waals surface area contributed by atoms with Gasteiger partial charge in [0.15, 0.2) is 17.0 Å². The lowest BCUT2D eigenvalue weighted by Crippen LogP contribution is -1.89. The molecular formula is C7H5FO3S. The molecule has 0 amide bonds. The Bertz CT molecular complexity index is 376. The van der Waals surface area contributed by atoms with Gasteiger partial charge in [-0.2, -0.15) is 0 Å². The van der Waals surface area contributed by atoms with Crippen molar-refractivity contribution in [1.29, 1.82) is 0 Å². The van der Waals surface area contributed by atoms with Gasteiger partial charge in [0.1, 0.15) is 5.82 Å². The van der Waals surface area contributed by atoms with Crippen molar-refractivity contribution in [3.8, 4) is 0 Å². The Morgan fingerprint density at radius 3 is 2.50 bits per heavy atom. The highest BCUT2D eigenvalue weighted by Crippen LogP contribution is 2.09. The lowest BCUT2D eigenvalue weighted by molar-refractivity contribution is 0.111. The molecule has 0 bridgehead atoms. The molecule has 0 saturated carbocycles. The first-order chi connectivity index (χ1) is 5.65. The van der Waals surface area contributed by atoms with Crippen LogP contribution in [0.4, 0.5) is 4.39 Å². The molecule has 0 radical (unpaired) electrons. The van der Waals surface area contributed by atoms with Crippen molar-refractivity contribution in [2.75, 3.05) is 0 Å². The highest BCUT2D eigenvalue weighted by atomic mass is 32.2. The van der Waals surface area contributed by atoms with Crippen LogP contribution in [0.25, 0.3) is 0 Å². The molecule has 3 nitrogen and oxygen atoms in total. The number of hydrogen-bond acceptors (Lipinski definition) is 3. The third-order valence-corrected chi connectivity index (χ3v) is 2.02. The molecule has 12 heavy (non-hydrogen) atoms. The quantitative estimate of drug-likeness (QED) is 0.546. The zero-order chi connectivity index (χ0) is 9.14. The largest absolute Gasteiger partial charge is 0.298 e. The number of hydrogen-bond donors (Lipinski definition) is 1. The number of benzene rings is 1. The minimum absolute atomic E-state index is 0.0616. The van der Waals surface area contributed by atoms with E-state index in [1.807, 2.05) is 0 Å². The summed E-state index contributed by atoms with van der Waals surface area (Å²) in [6.07, 6.45) is 0.275. The van der Waals surface area contributed by atoms with E-state index in [1.165, 1.54) is 0 Å². The molecule has 0 aliphatic heterocycles. The smallest absolute Gasteiger partial charge is 0.168 e. The maximum atomic E-state index is 12.6. The molecule has 64 valence electrons. The van der Waals surface area contributed by atoms with Gasteiger partial charge in [0.2, 0.25) is 0 Å². The molecule has 0 heterocycles. The van der Waals surface area contributed by atoms with Crippen LogP contribution in [0.15, 0.2) is 23.1 Å². The van der Waals surface area contributed by atoms with Crippen LogP contribution in [0, 0.1) is 5.82 Å². The predicted molar refractivity (Wildman–Crippen MR) is 40.4 cm³/mol. The van der Waals surface area contributed by atoms with Gasteiger partial charge in [0.05, 0.1) is 10.5 Å². The summed E-state index contributed by atoms with van der Waals surface area (Å²) in [6, 6.07) is 3.05. The van der Waals surface area contributed by atoms with Gasteiger partial charge in [0.25, 0.3) is 0 Å². The van der Waals surface area contributed by atoms with E-state index in [0.29, 0.717) is 0 Å². The van der Waals surface area contributed by atoms with Gasteiger partial charge in [-0.25, -0.2) is 12.8 Å². The highest BCUT2D eigenvalue weighted by molar-refractivity contribution is 7.72. The molecule has 0 N–H and O–H groups in total. The van der Waals surface area contributed by atoms with Crippen LogP contribution in [0.3, 0.4) is 0 Å². The van der Waals surface area contributed by atoms with Crippen LogP contribution in [0.5, 0.6) is 0 Å². The Hall–Kier alpha value is -1.23. The Labute approximate surface area is 69.8 Å². The fraction of sp³-hybridized carbons (Fsp3) is 0.